The summed E-state index contributed by atoms with van der Waals surface area (Å²) in [6, 6.07) is 1.19. The number of likely N-dealkylation sites (tertiary alicyclic amines) is 1. The first kappa shape index (κ1) is 16.2. The third kappa shape index (κ3) is 4.66. The van der Waals surface area contributed by atoms with Gasteiger partial charge in [0.2, 0.25) is 5.91 Å². The monoisotopic (exact) mass is 298 g/mol. The summed E-state index contributed by atoms with van der Waals surface area (Å²) in [5.41, 5.74) is 0. The van der Waals surface area contributed by atoms with E-state index < -0.39 is 0 Å². The molecule has 20 heavy (non-hydrogen) atoms. The molecule has 0 spiro atoms. The van der Waals surface area contributed by atoms with E-state index in [1.807, 2.05) is 11.8 Å². The maximum absolute atomic E-state index is 12.4. The summed E-state index contributed by atoms with van der Waals surface area (Å²) in [7, 11) is 0. The summed E-state index contributed by atoms with van der Waals surface area (Å²) in [6.45, 7) is 6.41. The van der Waals surface area contributed by atoms with Crippen LogP contribution >= 0.6 is 11.8 Å². The van der Waals surface area contributed by atoms with E-state index in [4.69, 9.17) is 0 Å². The zero-order valence-corrected chi connectivity index (χ0v) is 13.9. The van der Waals surface area contributed by atoms with Crippen LogP contribution in [0, 0.1) is 5.92 Å². The van der Waals surface area contributed by atoms with Crippen LogP contribution < -0.4 is 5.32 Å². The smallest absolute Gasteiger partial charge is 0.225 e. The molecule has 1 atom stereocenters. The predicted octanol–water partition coefficient (Wildman–Crippen LogP) is 2.90. The Balaban J connectivity index is 1.68. The molecule has 3 nitrogen and oxygen atoms in total. The van der Waals surface area contributed by atoms with E-state index in [9.17, 15) is 4.79 Å². The van der Waals surface area contributed by atoms with Crippen molar-refractivity contribution in [3.05, 3.63) is 0 Å². The van der Waals surface area contributed by atoms with Gasteiger partial charge < -0.3 is 10.2 Å². The van der Waals surface area contributed by atoms with Crippen molar-refractivity contribution in [1.29, 1.82) is 0 Å². The Kier molecular flexibility index (Phi) is 6.69. The van der Waals surface area contributed by atoms with Crippen LogP contribution in [0.5, 0.6) is 0 Å². The minimum atomic E-state index is 0.347. The lowest BCUT2D eigenvalue weighted by Crippen LogP contribution is -2.48. The number of hydrogen-bond donors (Lipinski definition) is 1. The average molecular weight is 298 g/mol. The SMILES string of the molecule is CCSCC(C)NC1CCN(C(=O)C2CCCC2)CC1. The Hall–Kier alpha value is -0.220. The minimum Gasteiger partial charge on any atom is -0.342 e. The summed E-state index contributed by atoms with van der Waals surface area (Å²) in [5, 5.41) is 3.72. The molecule has 1 aliphatic carbocycles. The maximum atomic E-state index is 12.4. The summed E-state index contributed by atoms with van der Waals surface area (Å²) in [5.74, 6) is 3.17. The van der Waals surface area contributed by atoms with Crippen LogP contribution in [-0.2, 0) is 4.79 Å². The van der Waals surface area contributed by atoms with Crippen molar-refractivity contribution < 1.29 is 4.79 Å². The van der Waals surface area contributed by atoms with Gasteiger partial charge in [0.05, 0.1) is 0 Å². The summed E-state index contributed by atoms with van der Waals surface area (Å²) < 4.78 is 0. The third-order valence-electron chi connectivity index (χ3n) is 4.60. The zero-order chi connectivity index (χ0) is 14.4. The molecule has 1 saturated carbocycles. The van der Waals surface area contributed by atoms with Crippen LogP contribution in [0.3, 0.4) is 0 Å². The van der Waals surface area contributed by atoms with Gasteiger partial charge in [-0.15, -0.1) is 0 Å². The lowest BCUT2D eigenvalue weighted by molar-refractivity contribution is -0.136. The van der Waals surface area contributed by atoms with Crippen LogP contribution in [0.1, 0.15) is 52.4 Å². The molecule has 2 fully saturated rings. The number of nitrogens with zero attached hydrogens (tertiary/aromatic N) is 1. The Morgan fingerprint density at radius 2 is 1.90 bits per heavy atom. The van der Waals surface area contributed by atoms with Crippen molar-refractivity contribution in [3.8, 4) is 0 Å². The Labute approximate surface area is 128 Å². The van der Waals surface area contributed by atoms with Gasteiger partial charge >= 0.3 is 0 Å². The first-order valence-corrected chi connectivity index (χ1v) is 9.48. The number of carbonyl (C=O) groups is 1. The van der Waals surface area contributed by atoms with E-state index >= 15 is 0 Å². The molecule has 2 aliphatic rings. The van der Waals surface area contributed by atoms with Crippen molar-refractivity contribution in [2.24, 2.45) is 5.92 Å². The number of hydrogen-bond acceptors (Lipinski definition) is 3. The van der Waals surface area contributed by atoms with Gasteiger partial charge in [-0.2, -0.15) is 11.8 Å². The highest BCUT2D eigenvalue weighted by Crippen LogP contribution is 2.27. The van der Waals surface area contributed by atoms with Crippen LogP contribution in [-0.4, -0.2) is 47.5 Å². The van der Waals surface area contributed by atoms with E-state index in [0.717, 1.165) is 38.8 Å². The van der Waals surface area contributed by atoms with E-state index in [2.05, 4.69) is 24.1 Å². The van der Waals surface area contributed by atoms with E-state index in [1.165, 1.54) is 24.3 Å². The number of amides is 1. The first-order valence-electron chi connectivity index (χ1n) is 8.33. The second-order valence-corrected chi connectivity index (χ2v) is 7.63. The Bertz CT molecular complexity index is 297. The third-order valence-corrected chi connectivity index (χ3v) is 5.75. The van der Waals surface area contributed by atoms with Gasteiger partial charge in [-0.05, 0) is 38.4 Å². The molecule has 1 heterocycles. The number of thioether (sulfide) groups is 1. The molecule has 1 saturated heterocycles. The second-order valence-electron chi connectivity index (χ2n) is 6.31. The molecule has 1 unspecified atom stereocenters. The van der Waals surface area contributed by atoms with Crippen molar-refractivity contribution in [2.75, 3.05) is 24.6 Å². The van der Waals surface area contributed by atoms with Gasteiger partial charge in [0.15, 0.2) is 0 Å². The Morgan fingerprint density at radius 3 is 2.50 bits per heavy atom. The molecule has 0 aromatic carbocycles. The van der Waals surface area contributed by atoms with Gasteiger partial charge in [0.25, 0.3) is 0 Å². The first-order chi connectivity index (χ1) is 9.70. The lowest BCUT2D eigenvalue weighted by Gasteiger charge is -2.35. The molecule has 1 amide bonds. The standard InChI is InChI=1S/C16H30N2OS/c1-3-20-12-13(2)17-15-8-10-18(11-9-15)16(19)14-6-4-5-7-14/h13-15,17H,3-12H2,1-2H3. The molecular formula is C16H30N2OS. The molecule has 4 heteroatoms. The highest BCUT2D eigenvalue weighted by Gasteiger charge is 2.30. The predicted molar refractivity (Wildman–Crippen MR) is 87.2 cm³/mol. The van der Waals surface area contributed by atoms with Crippen molar-refractivity contribution >= 4 is 17.7 Å². The lowest BCUT2D eigenvalue weighted by atomic mass is 10.0. The van der Waals surface area contributed by atoms with Crippen LogP contribution in [0.2, 0.25) is 0 Å². The summed E-state index contributed by atoms with van der Waals surface area (Å²) in [6.07, 6.45) is 7.01. The quantitative estimate of drug-likeness (QED) is 0.818. The average Bonchev–Trinajstić information content (AvgIpc) is 2.99. The van der Waals surface area contributed by atoms with Gasteiger partial charge in [0.1, 0.15) is 0 Å². The highest BCUT2D eigenvalue weighted by molar-refractivity contribution is 7.99. The van der Waals surface area contributed by atoms with E-state index in [0.29, 0.717) is 23.9 Å². The topological polar surface area (TPSA) is 32.3 Å². The number of piperidine rings is 1. The Morgan fingerprint density at radius 1 is 1.25 bits per heavy atom. The van der Waals surface area contributed by atoms with E-state index in [1.54, 1.807) is 0 Å². The molecule has 0 bridgehead atoms. The molecular weight excluding hydrogens is 268 g/mol. The normalized spacial score (nSPS) is 23.2. The molecule has 1 N–H and O–H groups in total. The summed E-state index contributed by atoms with van der Waals surface area (Å²) >= 11 is 2.00. The molecule has 0 radical (unpaired) electrons. The van der Waals surface area contributed by atoms with Crippen molar-refractivity contribution in [2.45, 2.75) is 64.5 Å². The summed E-state index contributed by atoms with van der Waals surface area (Å²) in [4.78, 5) is 14.5. The molecule has 0 aromatic rings. The molecule has 1 aliphatic heterocycles. The fourth-order valence-corrected chi connectivity index (χ4v) is 4.13. The molecule has 0 aromatic heterocycles. The number of carbonyl (C=O) groups excluding carboxylic acids is 1. The van der Waals surface area contributed by atoms with Crippen LogP contribution in [0.4, 0.5) is 0 Å². The number of rotatable bonds is 6. The van der Waals surface area contributed by atoms with Gasteiger partial charge in [-0.3, -0.25) is 4.79 Å². The zero-order valence-electron chi connectivity index (χ0n) is 13.1. The van der Waals surface area contributed by atoms with Crippen molar-refractivity contribution in [3.63, 3.8) is 0 Å². The van der Waals surface area contributed by atoms with Gasteiger partial charge in [-0.25, -0.2) is 0 Å². The van der Waals surface area contributed by atoms with Crippen LogP contribution in [0.25, 0.3) is 0 Å². The number of nitrogens with one attached hydrogen (secondary N) is 1. The highest BCUT2D eigenvalue weighted by atomic mass is 32.2. The van der Waals surface area contributed by atoms with Crippen LogP contribution in [0.15, 0.2) is 0 Å². The van der Waals surface area contributed by atoms with Gasteiger partial charge in [0, 0.05) is 36.8 Å². The second kappa shape index (κ2) is 8.28. The maximum Gasteiger partial charge on any atom is 0.225 e. The molecule has 116 valence electrons. The fourth-order valence-electron chi connectivity index (χ4n) is 3.44. The van der Waals surface area contributed by atoms with Crippen molar-refractivity contribution in [1.82, 2.24) is 10.2 Å². The fraction of sp³-hybridized carbons (Fsp3) is 0.938. The van der Waals surface area contributed by atoms with Gasteiger partial charge in [-0.1, -0.05) is 19.8 Å². The molecule has 2 rings (SSSR count). The van der Waals surface area contributed by atoms with E-state index in [-0.39, 0.29) is 0 Å². The largest absolute Gasteiger partial charge is 0.342 e. The minimum absolute atomic E-state index is 0.347.